The van der Waals surface area contributed by atoms with Crippen molar-refractivity contribution in [3.63, 3.8) is 0 Å². The SMILES string of the molecule is CNCCC(N)=O.Cl. The van der Waals surface area contributed by atoms with Gasteiger partial charge in [0.1, 0.15) is 0 Å². The Hall–Kier alpha value is -0.280. The fourth-order valence-corrected chi connectivity index (χ4v) is 0.248. The van der Waals surface area contributed by atoms with E-state index in [4.69, 9.17) is 5.73 Å². The van der Waals surface area contributed by atoms with Crippen LogP contribution in [0.25, 0.3) is 0 Å². The van der Waals surface area contributed by atoms with Crippen LogP contribution in [0.1, 0.15) is 6.42 Å². The standard InChI is InChI=1S/C4H10N2O.ClH/c1-6-3-2-4(5)7;/h6H,2-3H2,1H3,(H2,5,7);1H. The summed E-state index contributed by atoms with van der Waals surface area (Å²) in [6.07, 6.45) is 0.427. The Morgan fingerprint density at radius 3 is 2.38 bits per heavy atom. The molecule has 0 saturated heterocycles. The highest BCUT2D eigenvalue weighted by atomic mass is 35.5. The van der Waals surface area contributed by atoms with Crippen LogP contribution in [0, 0.1) is 0 Å². The van der Waals surface area contributed by atoms with Gasteiger partial charge >= 0.3 is 0 Å². The van der Waals surface area contributed by atoms with Crippen LogP contribution < -0.4 is 11.1 Å². The van der Waals surface area contributed by atoms with Gasteiger partial charge in [-0.05, 0) is 7.05 Å². The molecule has 0 radical (unpaired) electrons. The molecule has 50 valence electrons. The van der Waals surface area contributed by atoms with Gasteiger partial charge in [-0.15, -0.1) is 12.4 Å². The molecule has 0 fully saturated rings. The van der Waals surface area contributed by atoms with E-state index in [-0.39, 0.29) is 18.3 Å². The first kappa shape index (κ1) is 10.7. The topological polar surface area (TPSA) is 55.1 Å². The molecule has 8 heavy (non-hydrogen) atoms. The van der Waals surface area contributed by atoms with Gasteiger partial charge in [0.25, 0.3) is 0 Å². The minimum absolute atomic E-state index is 0. The number of nitrogens with one attached hydrogen (secondary N) is 1. The van der Waals surface area contributed by atoms with E-state index in [9.17, 15) is 4.79 Å². The largest absolute Gasteiger partial charge is 0.370 e. The fraction of sp³-hybridized carbons (Fsp3) is 0.750. The number of nitrogens with two attached hydrogens (primary N) is 1. The maximum Gasteiger partial charge on any atom is 0.218 e. The summed E-state index contributed by atoms with van der Waals surface area (Å²) >= 11 is 0. The minimum Gasteiger partial charge on any atom is -0.370 e. The fourth-order valence-electron chi connectivity index (χ4n) is 0.248. The molecule has 0 rings (SSSR count). The van der Waals surface area contributed by atoms with Crippen molar-refractivity contribution in [3.05, 3.63) is 0 Å². The van der Waals surface area contributed by atoms with Gasteiger partial charge in [-0.2, -0.15) is 0 Å². The third-order valence-corrected chi connectivity index (χ3v) is 0.621. The highest BCUT2D eigenvalue weighted by molar-refractivity contribution is 5.85. The monoisotopic (exact) mass is 138 g/mol. The number of rotatable bonds is 3. The third kappa shape index (κ3) is 9.21. The Morgan fingerprint density at radius 1 is 1.75 bits per heavy atom. The molecule has 0 aromatic heterocycles. The van der Waals surface area contributed by atoms with Crippen molar-refractivity contribution >= 4 is 18.3 Å². The molecule has 0 saturated carbocycles. The zero-order valence-electron chi connectivity index (χ0n) is 4.81. The van der Waals surface area contributed by atoms with Crippen LogP contribution >= 0.6 is 12.4 Å². The van der Waals surface area contributed by atoms with E-state index in [1.165, 1.54) is 0 Å². The van der Waals surface area contributed by atoms with E-state index in [1.54, 1.807) is 7.05 Å². The number of halogens is 1. The van der Waals surface area contributed by atoms with Crippen LogP contribution in [0.5, 0.6) is 0 Å². The number of hydrogen-bond acceptors (Lipinski definition) is 2. The average Bonchev–Trinajstić information content (AvgIpc) is 1.61. The quantitative estimate of drug-likeness (QED) is 0.553. The maximum absolute atomic E-state index is 9.94. The number of carbonyl (C=O) groups excluding carboxylic acids is 1. The van der Waals surface area contributed by atoms with Crippen LogP contribution in [0.3, 0.4) is 0 Å². The molecule has 0 atom stereocenters. The molecule has 0 heterocycles. The van der Waals surface area contributed by atoms with Crippen molar-refractivity contribution in [2.75, 3.05) is 13.6 Å². The van der Waals surface area contributed by atoms with E-state index in [0.29, 0.717) is 13.0 Å². The zero-order chi connectivity index (χ0) is 5.70. The summed E-state index contributed by atoms with van der Waals surface area (Å²) in [5, 5.41) is 2.80. The van der Waals surface area contributed by atoms with E-state index in [1.807, 2.05) is 0 Å². The summed E-state index contributed by atoms with van der Waals surface area (Å²) in [5.74, 6) is -0.255. The van der Waals surface area contributed by atoms with Gasteiger partial charge in [-0.1, -0.05) is 0 Å². The van der Waals surface area contributed by atoms with Gasteiger partial charge in [0, 0.05) is 13.0 Å². The van der Waals surface area contributed by atoms with E-state index in [2.05, 4.69) is 5.32 Å². The smallest absolute Gasteiger partial charge is 0.218 e. The van der Waals surface area contributed by atoms with Gasteiger partial charge in [0.05, 0.1) is 0 Å². The predicted molar refractivity (Wildman–Crippen MR) is 35.0 cm³/mol. The van der Waals surface area contributed by atoms with Crippen molar-refractivity contribution < 1.29 is 4.79 Å². The number of primary amides is 1. The van der Waals surface area contributed by atoms with Crippen molar-refractivity contribution in [2.45, 2.75) is 6.42 Å². The van der Waals surface area contributed by atoms with Gasteiger partial charge in [0.2, 0.25) is 5.91 Å². The van der Waals surface area contributed by atoms with Crippen LogP contribution in [0.2, 0.25) is 0 Å². The molecule has 0 aliphatic rings. The molecule has 0 aliphatic carbocycles. The van der Waals surface area contributed by atoms with Crippen molar-refractivity contribution in [1.29, 1.82) is 0 Å². The third-order valence-electron chi connectivity index (χ3n) is 0.621. The molecule has 0 unspecified atom stereocenters. The van der Waals surface area contributed by atoms with E-state index < -0.39 is 0 Å². The average molecular weight is 139 g/mol. The first-order valence-corrected chi connectivity index (χ1v) is 2.20. The maximum atomic E-state index is 9.94. The lowest BCUT2D eigenvalue weighted by Gasteiger charge is -1.89. The molecule has 3 N–H and O–H groups in total. The van der Waals surface area contributed by atoms with Crippen LogP contribution in [-0.2, 0) is 4.79 Å². The minimum atomic E-state index is -0.255. The summed E-state index contributed by atoms with van der Waals surface area (Å²) in [4.78, 5) is 9.94. The Balaban J connectivity index is 0. The van der Waals surface area contributed by atoms with Gasteiger partial charge in [0.15, 0.2) is 0 Å². The molecule has 0 aromatic rings. The first-order valence-electron chi connectivity index (χ1n) is 2.20. The summed E-state index contributed by atoms with van der Waals surface area (Å²) in [5.41, 5.74) is 4.80. The number of carbonyl (C=O) groups is 1. The van der Waals surface area contributed by atoms with Gasteiger partial charge in [-0.25, -0.2) is 0 Å². The molecular weight excluding hydrogens is 128 g/mol. The summed E-state index contributed by atoms with van der Waals surface area (Å²) in [6.45, 7) is 0.676. The molecule has 0 aromatic carbocycles. The lowest BCUT2D eigenvalue weighted by molar-refractivity contribution is -0.117. The van der Waals surface area contributed by atoms with E-state index >= 15 is 0 Å². The molecular formula is C4H11ClN2O. The normalized spacial score (nSPS) is 7.62. The molecule has 3 nitrogen and oxygen atoms in total. The number of hydrogen-bond donors (Lipinski definition) is 2. The van der Waals surface area contributed by atoms with Crippen molar-refractivity contribution in [3.8, 4) is 0 Å². The Morgan fingerprint density at radius 2 is 2.25 bits per heavy atom. The molecule has 0 bridgehead atoms. The Labute approximate surface area is 55.0 Å². The molecule has 1 amide bonds. The Bertz CT molecular complexity index is 67.1. The number of amides is 1. The summed E-state index contributed by atoms with van der Waals surface area (Å²) < 4.78 is 0. The lowest BCUT2D eigenvalue weighted by atomic mass is 10.4. The van der Waals surface area contributed by atoms with Crippen LogP contribution in [-0.4, -0.2) is 19.5 Å². The summed E-state index contributed by atoms with van der Waals surface area (Å²) in [7, 11) is 1.78. The van der Waals surface area contributed by atoms with Crippen molar-refractivity contribution in [1.82, 2.24) is 5.32 Å². The highest BCUT2D eigenvalue weighted by Crippen LogP contribution is 1.67. The molecule has 0 aliphatic heterocycles. The highest BCUT2D eigenvalue weighted by Gasteiger charge is 1.87. The van der Waals surface area contributed by atoms with Gasteiger partial charge in [-0.3, -0.25) is 4.79 Å². The van der Waals surface area contributed by atoms with Gasteiger partial charge < -0.3 is 11.1 Å². The van der Waals surface area contributed by atoms with E-state index in [0.717, 1.165) is 0 Å². The molecule has 4 heteroatoms. The second-order valence-electron chi connectivity index (χ2n) is 1.32. The second kappa shape index (κ2) is 6.72. The predicted octanol–water partition coefficient (Wildman–Crippen LogP) is -0.497. The van der Waals surface area contributed by atoms with Crippen LogP contribution in [0.15, 0.2) is 0 Å². The summed E-state index contributed by atoms with van der Waals surface area (Å²) in [6, 6.07) is 0. The Kier molecular flexibility index (Phi) is 8.95. The zero-order valence-corrected chi connectivity index (χ0v) is 5.62. The second-order valence-corrected chi connectivity index (χ2v) is 1.32. The van der Waals surface area contributed by atoms with Crippen molar-refractivity contribution in [2.24, 2.45) is 5.73 Å². The van der Waals surface area contributed by atoms with Crippen LogP contribution in [0.4, 0.5) is 0 Å². The first-order chi connectivity index (χ1) is 3.27. The molecule has 0 spiro atoms. The lowest BCUT2D eigenvalue weighted by Crippen LogP contribution is -2.18.